The first-order chi connectivity index (χ1) is 12.9. The molecule has 27 heavy (non-hydrogen) atoms. The second-order valence-corrected chi connectivity index (χ2v) is 7.59. The van der Waals surface area contributed by atoms with Gasteiger partial charge in [-0.3, -0.25) is 0 Å². The van der Waals surface area contributed by atoms with Gasteiger partial charge in [0.1, 0.15) is 17.5 Å². The van der Waals surface area contributed by atoms with Gasteiger partial charge in [-0.05, 0) is 35.6 Å². The molecule has 1 heterocycles. The molecule has 0 aliphatic rings. The van der Waals surface area contributed by atoms with E-state index in [0.717, 1.165) is 23.5 Å². The van der Waals surface area contributed by atoms with E-state index in [1.54, 1.807) is 6.20 Å². The SMILES string of the molecule is CC(C)(CCO)Cc1nc(-c2cc(F)ccc2F)cn1Cc1ccccc1. The van der Waals surface area contributed by atoms with Crippen molar-refractivity contribution in [1.29, 1.82) is 0 Å². The number of nitrogens with zero attached hydrogens (tertiary/aromatic N) is 2. The van der Waals surface area contributed by atoms with Crippen molar-refractivity contribution in [3.05, 3.63) is 77.8 Å². The van der Waals surface area contributed by atoms with E-state index in [4.69, 9.17) is 0 Å². The molecule has 0 atom stereocenters. The Morgan fingerprint density at radius 1 is 1.07 bits per heavy atom. The van der Waals surface area contributed by atoms with Crippen LogP contribution < -0.4 is 0 Å². The maximum Gasteiger partial charge on any atom is 0.132 e. The minimum absolute atomic E-state index is 0.0950. The zero-order valence-corrected chi connectivity index (χ0v) is 15.6. The molecule has 0 saturated carbocycles. The summed E-state index contributed by atoms with van der Waals surface area (Å²) >= 11 is 0. The Kier molecular flexibility index (Phi) is 5.71. The highest BCUT2D eigenvalue weighted by Crippen LogP contribution is 2.29. The third-order valence-electron chi connectivity index (χ3n) is 4.68. The lowest BCUT2D eigenvalue weighted by Gasteiger charge is -2.23. The molecule has 0 saturated heterocycles. The molecule has 5 heteroatoms. The number of aliphatic hydroxyl groups is 1. The lowest BCUT2D eigenvalue weighted by Crippen LogP contribution is -2.20. The molecule has 2 aromatic carbocycles. The third-order valence-corrected chi connectivity index (χ3v) is 4.68. The molecule has 0 bridgehead atoms. The van der Waals surface area contributed by atoms with E-state index in [9.17, 15) is 13.9 Å². The van der Waals surface area contributed by atoms with Crippen LogP contribution >= 0.6 is 0 Å². The van der Waals surface area contributed by atoms with Gasteiger partial charge in [0.15, 0.2) is 0 Å². The smallest absolute Gasteiger partial charge is 0.132 e. The summed E-state index contributed by atoms with van der Waals surface area (Å²) in [6.07, 6.45) is 3.03. The number of imidazole rings is 1. The van der Waals surface area contributed by atoms with Crippen LogP contribution in [0.15, 0.2) is 54.7 Å². The van der Waals surface area contributed by atoms with Crippen LogP contribution in [0.2, 0.25) is 0 Å². The average molecular weight is 370 g/mol. The molecule has 1 N–H and O–H groups in total. The molecule has 142 valence electrons. The van der Waals surface area contributed by atoms with Crippen molar-refractivity contribution >= 4 is 0 Å². The summed E-state index contributed by atoms with van der Waals surface area (Å²) in [5.41, 5.74) is 1.51. The lowest BCUT2D eigenvalue weighted by molar-refractivity contribution is 0.208. The first-order valence-electron chi connectivity index (χ1n) is 9.04. The highest BCUT2D eigenvalue weighted by Gasteiger charge is 2.23. The van der Waals surface area contributed by atoms with Crippen LogP contribution in [0.3, 0.4) is 0 Å². The first-order valence-corrected chi connectivity index (χ1v) is 9.04. The predicted molar refractivity (Wildman–Crippen MR) is 102 cm³/mol. The molecule has 0 spiro atoms. The molecule has 0 unspecified atom stereocenters. The summed E-state index contributed by atoms with van der Waals surface area (Å²) in [5, 5.41) is 9.32. The molecule has 0 aliphatic carbocycles. The van der Waals surface area contributed by atoms with Gasteiger partial charge in [0.25, 0.3) is 0 Å². The minimum atomic E-state index is -0.498. The Morgan fingerprint density at radius 3 is 2.52 bits per heavy atom. The van der Waals surface area contributed by atoms with Gasteiger partial charge in [0, 0.05) is 31.3 Å². The van der Waals surface area contributed by atoms with Gasteiger partial charge in [0.2, 0.25) is 0 Å². The maximum atomic E-state index is 14.2. The molecule has 0 radical (unpaired) electrons. The quantitative estimate of drug-likeness (QED) is 0.647. The zero-order valence-electron chi connectivity index (χ0n) is 15.6. The van der Waals surface area contributed by atoms with E-state index in [-0.39, 0.29) is 17.6 Å². The normalized spacial score (nSPS) is 11.7. The van der Waals surface area contributed by atoms with E-state index >= 15 is 0 Å². The number of benzene rings is 2. The minimum Gasteiger partial charge on any atom is -0.396 e. The van der Waals surface area contributed by atoms with Crippen LogP contribution in [-0.2, 0) is 13.0 Å². The number of hydrogen-bond donors (Lipinski definition) is 1. The Balaban J connectivity index is 2.01. The van der Waals surface area contributed by atoms with E-state index in [0.29, 0.717) is 25.1 Å². The molecule has 3 nitrogen and oxygen atoms in total. The second kappa shape index (κ2) is 8.01. The second-order valence-electron chi connectivity index (χ2n) is 7.59. The fourth-order valence-corrected chi connectivity index (χ4v) is 3.15. The van der Waals surface area contributed by atoms with Gasteiger partial charge in [-0.1, -0.05) is 44.2 Å². The van der Waals surface area contributed by atoms with Crippen LogP contribution in [0.1, 0.15) is 31.7 Å². The number of aliphatic hydroxyl groups excluding tert-OH is 1. The van der Waals surface area contributed by atoms with Gasteiger partial charge < -0.3 is 9.67 Å². The molecular formula is C22H24F2N2O. The van der Waals surface area contributed by atoms with Crippen LogP contribution in [-0.4, -0.2) is 21.3 Å². The highest BCUT2D eigenvalue weighted by atomic mass is 19.1. The number of aromatic nitrogens is 2. The summed E-state index contributed by atoms with van der Waals surface area (Å²) in [4.78, 5) is 4.62. The number of rotatable bonds is 7. The molecule has 0 aliphatic heterocycles. The van der Waals surface area contributed by atoms with Crippen LogP contribution in [0.5, 0.6) is 0 Å². The predicted octanol–water partition coefficient (Wildman–Crippen LogP) is 4.83. The Morgan fingerprint density at radius 2 is 1.81 bits per heavy atom. The molecule has 0 fully saturated rings. The molecule has 1 aromatic heterocycles. The summed E-state index contributed by atoms with van der Waals surface area (Å²) < 4.78 is 29.8. The summed E-state index contributed by atoms with van der Waals surface area (Å²) in [6.45, 7) is 4.81. The van der Waals surface area contributed by atoms with Crippen LogP contribution in [0.25, 0.3) is 11.3 Å². The average Bonchev–Trinajstić information content (AvgIpc) is 2.99. The van der Waals surface area contributed by atoms with Crippen molar-refractivity contribution in [3.63, 3.8) is 0 Å². The number of hydrogen-bond acceptors (Lipinski definition) is 2. The highest BCUT2D eigenvalue weighted by molar-refractivity contribution is 5.59. The van der Waals surface area contributed by atoms with Crippen molar-refractivity contribution in [1.82, 2.24) is 9.55 Å². The maximum absolute atomic E-state index is 14.2. The zero-order chi connectivity index (χ0) is 19.4. The van der Waals surface area contributed by atoms with Gasteiger partial charge in [-0.2, -0.15) is 0 Å². The van der Waals surface area contributed by atoms with Gasteiger partial charge in [0.05, 0.1) is 5.69 Å². The standard InChI is InChI=1S/C22H24F2N2O/c1-22(2,10-11-27)13-21-25-20(18-12-17(23)8-9-19(18)24)15-26(21)14-16-6-4-3-5-7-16/h3-9,12,15,27H,10-11,13-14H2,1-2H3. The van der Waals surface area contributed by atoms with E-state index < -0.39 is 11.6 Å². The molecule has 0 amide bonds. The topological polar surface area (TPSA) is 38.1 Å². The molecular weight excluding hydrogens is 346 g/mol. The molecule has 3 aromatic rings. The molecule has 3 rings (SSSR count). The Hall–Kier alpha value is -2.53. The number of halogens is 2. The monoisotopic (exact) mass is 370 g/mol. The van der Waals surface area contributed by atoms with Gasteiger partial charge >= 0.3 is 0 Å². The Labute approximate surface area is 158 Å². The van der Waals surface area contributed by atoms with Crippen molar-refractivity contribution < 1.29 is 13.9 Å². The van der Waals surface area contributed by atoms with Crippen LogP contribution in [0, 0.1) is 17.0 Å². The van der Waals surface area contributed by atoms with Crippen molar-refractivity contribution in [2.24, 2.45) is 5.41 Å². The lowest BCUT2D eigenvalue weighted by atomic mass is 9.85. The van der Waals surface area contributed by atoms with Crippen molar-refractivity contribution in [3.8, 4) is 11.3 Å². The fourth-order valence-electron chi connectivity index (χ4n) is 3.15. The summed E-state index contributed by atoms with van der Waals surface area (Å²) in [7, 11) is 0. The fraction of sp³-hybridized carbons (Fsp3) is 0.318. The van der Waals surface area contributed by atoms with Gasteiger partial charge in [-0.25, -0.2) is 13.8 Å². The Bertz CT molecular complexity index is 904. The van der Waals surface area contributed by atoms with E-state index in [2.05, 4.69) is 18.8 Å². The van der Waals surface area contributed by atoms with Gasteiger partial charge in [-0.15, -0.1) is 0 Å². The first kappa shape index (κ1) is 19.2. The van der Waals surface area contributed by atoms with Crippen LogP contribution in [0.4, 0.5) is 8.78 Å². The summed E-state index contributed by atoms with van der Waals surface area (Å²) in [5.74, 6) is -0.205. The largest absolute Gasteiger partial charge is 0.396 e. The van der Waals surface area contributed by atoms with Crippen molar-refractivity contribution in [2.75, 3.05) is 6.61 Å². The van der Waals surface area contributed by atoms with Crippen molar-refractivity contribution in [2.45, 2.75) is 33.2 Å². The summed E-state index contributed by atoms with van der Waals surface area (Å²) in [6, 6.07) is 13.3. The van der Waals surface area contributed by atoms with E-state index in [1.165, 1.54) is 6.07 Å². The third kappa shape index (κ3) is 4.80. The van der Waals surface area contributed by atoms with E-state index in [1.807, 2.05) is 34.9 Å².